The van der Waals surface area contributed by atoms with Crippen molar-refractivity contribution in [2.75, 3.05) is 51.9 Å². The quantitative estimate of drug-likeness (QED) is 0.313. The number of esters is 1. The van der Waals surface area contributed by atoms with Crippen molar-refractivity contribution in [1.82, 2.24) is 20.9 Å². The van der Waals surface area contributed by atoms with Crippen molar-refractivity contribution in [2.24, 2.45) is 0 Å². The lowest BCUT2D eigenvalue weighted by Gasteiger charge is -2.37. The van der Waals surface area contributed by atoms with Crippen LogP contribution >= 0.6 is 0 Å². The smallest absolute Gasteiger partial charge is 0.338 e. The molecule has 220 valence electrons. The van der Waals surface area contributed by atoms with Crippen LogP contribution in [0.25, 0.3) is 0 Å². The number of carbonyl (C=O) groups is 3. The minimum Gasteiger partial charge on any atom is -0.466 e. The second-order valence-electron chi connectivity index (χ2n) is 9.93. The van der Waals surface area contributed by atoms with Gasteiger partial charge in [0.05, 0.1) is 25.0 Å². The van der Waals surface area contributed by atoms with Crippen LogP contribution in [0.5, 0.6) is 0 Å². The normalized spacial score (nSPS) is 17.9. The molecule has 1 atom stereocenters. The van der Waals surface area contributed by atoms with Crippen molar-refractivity contribution in [3.8, 4) is 0 Å². The van der Waals surface area contributed by atoms with E-state index >= 15 is 0 Å². The molecule has 2 aliphatic heterocycles. The number of urea groups is 2. The van der Waals surface area contributed by atoms with E-state index in [2.05, 4.69) is 39.9 Å². The number of imide groups is 1. The fourth-order valence-corrected chi connectivity index (χ4v) is 5.25. The molecule has 0 radical (unpaired) electrons. The van der Waals surface area contributed by atoms with E-state index in [0.29, 0.717) is 6.54 Å². The van der Waals surface area contributed by atoms with Crippen LogP contribution in [0, 0.1) is 18.6 Å². The molecule has 4 rings (SSSR count). The highest BCUT2D eigenvalue weighted by Gasteiger charge is 2.43. The Morgan fingerprint density at radius 1 is 1.05 bits per heavy atom. The maximum Gasteiger partial charge on any atom is 0.338 e. The van der Waals surface area contributed by atoms with Gasteiger partial charge in [-0.15, -0.1) is 0 Å². The van der Waals surface area contributed by atoms with Crippen LogP contribution in [-0.4, -0.2) is 76.0 Å². The number of para-hydroxylation sites is 1. The lowest BCUT2D eigenvalue weighted by Crippen LogP contribution is -2.56. The minimum absolute atomic E-state index is 0.0152. The van der Waals surface area contributed by atoms with E-state index in [9.17, 15) is 23.2 Å². The van der Waals surface area contributed by atoms with Crippen molar-refractivity contribution in [1.29, 1.82) is 0 Å². The van der Waals surface area contributed by atoms with Crippen LogP contribution < -0.4 is 20.9 Å². The van der Waals surface area contributed by atoms with Crippen LogP contribution in [0.3, 0.4) is 0 Å². The summed E-state index contributed by atoms with van der Waals surface area (Å²) in [7, 11) is 2.50. The first-order valence-electron chi connectivity index (χ1n) is 13.4. The molecule has 3 N–H and O–H groups in total. The van der Waals surface area contributed by atoms with E-state index in [1.54, 1.807) is 0 Å². The Hall–Kier alpha value is -4.03. The molecule has 0 aromatic heterocycles. The monoisotopic (exact) mass is 571 g/mol. The lowest BCUT2D eigenvalue weighted by molar-refractivity contribution is -0.137. The molecular formula is C29H35F2N5O5. The molecule has 41 heavy (non-hydrogen) atoms. The molecule has 10 nitrogen and oxygen atoms in total. The minimum atomic E-state index is -1.38. The van der Waals surface area contributed by atoms with Gasteiger partial charge in [-0.1, -0.05) is 24.3 Å². The number of aryl methyl sites for hydroxylation is 1. The zero-order chi connectivity index (χ0) is 29.5. The fraction of sp³-hybridized carbons (Fsp3) is 0.414. The summed E-state index contributed by atoms with van der Waals surface area (Å²) in [5.74, 6) is -3.16. The number of piperidine rings is 1. The zero-order valence-corrected chi connectivity index (χ0v) is 23.3. The van der Waals surface area contributed by atoms with Gasteiger partial charge in [0.25, 0.3) is 0 Å². The predicted molar refractivity (Wildman–Crippen MR) is 148 cm³/mol. The number of ether oxygens (including phenoxy) is 2. The number of hydrogen-bond acceptors (Lipinski definition) is 7. The molecule has 0 spiro atoms. The van der Waals surface area contributed by atoms with Gasteiger partial charge in [-0.2, -0.15) is 0 Å². The number of methoxy groups -OCH3 is 2. The average molecular weight is 572 g/mol. The van der Waals surface area contributed by atoms with Crippen molar-refractivity contribution in [2.45, 2.75) is 31.8 Å². The Labute approximate surface area is 237 Å². The summed E-state index contributed by atoms with van der Waals surface area (Å²) in [5.41, 5.74) is 2.42. The molecule has 0 unspecified atom stereocenters. The summed E-state index contributed by atoms with van der Waals surface area (Å²) in [5, 5.41) is 8.63. The second-order valence-corrected chi connectivity index (χ2v) is 9.93. The van der Waals surface area contributed by atoms with E-state index in [4.69, 9.17) is 9.47 Å². The van der Waals surface area contributed by atoms with Crippen molar-refractivity contribution < 1.29 is 32.6 Å². The number of carbonyl (C=O) groups excluding carboxylic acids is 3. The molecule has 2 aromatic rings. The first kappa shape index (κ1) is 29.9. The Morgan fingerprint density at radius 3 is 2.44 bits per heavy atom. The Bertz CT molecular complexity index is 1310. The number of halogens is 2. The van der Waals surface area contributed by atoms with Crippen molar-refractivity contribution >= 4 is 23.7 Å². The van der Waals surface area contributed by atoms with Gasteiger partial charge in [0, 0.05) is 45.0 Å². The Morgan fingerprint density at radius 2 is 1.78 bits per heavy atom. The largest absolute Gasteiger partial charge is 0.466 e. The number of nitrogens with zero attached hydrogens (tertiary/aromatic N) is 2. The molecule has 1 fully saturated rings. The number of benzene rings is 2. The van der Waals surface area contributed by atoms with E-state index in [0.717, 1.165) is 50.1 Å². The predicted octanol–water partition coefficient (Wildman–Crippen LogP) is 3.38. The SMILES string of the molecule is COCC1=C(C(=O)OC)[C@H](c2ccc(F)c(F)c2)N(C(=O)NCCNC2CCN(c3ccccc3C)CC2)C(=O)N1. The lowest BCUT2D eigenvalue weighted by atomic mass is 9.93. The highest BCUT2D eigenvalue weighted by atomic mass is 19.2. The van der Waals surface area contributed by atoms with Gasteiger partial charge < -0.3 is 30.3 Å². The van der Waals surface area contributed by atoms with Gasteiger partial charge in [0.1, 0.15) is 6.04 Å². The van der Waals surface area contributed by atoms with E-state index < -0.39 is 35.7 Å². The van der Waals surface area contributed by atoms with Gasteiger partial charge in [-0.05, 0) is 49.1 Å². The number of amides is 4. The molecule has 0 saturated carbocycles. The Balaban J connectivity index is 1.42. The summed E-state index contributed by atoms with van der Waals surface area (Å²) in [6.07, 6.45) is 1.87. The molecule has 2 heterocycles. The van der Waals surface area contributed by atoms with Crippen LogP contribution in [0.1, 0.15) is 30.0 Å². The maximum atomic E-state index is 14.2. The second kappa shape index (κ2) is 13.6. The highest BCUT2D eigenvalue weighted by Crippen LogP contribution is 2.35. The van der Waals surface area contributed by atoms with Crippen LogP contribution in [-0.2, 0) is 14.3 Å². The fourth-order valence-electron chi connectivity index (χ4n) is 5.25. The topological polar surface area (TPSA) is 112 Å². The van der Waals surface area contributed by atoms with Crippen LogP contribution in [0.15, 0.2) is 53.7 Å². The third-order valence-corrected chi connectivity index (χ3v) is 7.29. The standard InChI is InChI=1S/C29H35F2N5O5/c1-18-6-4-5-7-24(18)35-14-10-20(11-15-35)32-12-13-33-28(38)36-26(19-8-9-21(30)22(31)16-19)25(27(37)41-3)23(17-40-2)34-29(36)39/h4-9,16,20,26,32H,10-15,17H2,1-3H3,(H,33,38)(H,34,39)/t26-/m0/s1. The van der Waals surface area contributed by atoms with Gasteiger partial charge >= 0.3 is 18.0 Å². The van der Waals surface area contributed by atoms with Crippen molar-refractivity contribution in [3.05, 3.63) is 76.5 Å². The molecule has 2 aromatic carbocycles. The molecular weight excluding hydrogens is 536 g/mol. The average Bonchev–Trinajstić information content (AvgIpc) is 2.97. The van der Waals surface area contributed by atoms with E-state index in [1.807, 2.05) is 12.1 Å². The molecule has 1 saturated heterocycles. The van der Waals surface area contributed by atoms with Crippen LogP contribution in [0.4, 0.5) is 24.1 Å². The third kappa shape index (κ3) is 6.83. The zero-order valence-electron chi connectivity index (χ0n) is 23.3. The van der Waals surface area contributed by atoms with E-state index in [1.165, 1.54) is 24.4 Å². The molecule has 2 aliphatic rings. The summed E-state index contributed by atoms with van der Waals surface area (Å²) in [6, 6.07) is 8.44. The van der Waals surface area contributed by atoms with Crippen molar-refractivity contribution in [3.63, 3.8) is 0 Å². The summed E-state index contributed by atoms with van der Waals surface area (Å²) in [4.78, 5) is 42.3. The number of anilines is 1. The summed E-state index contributed by atoms with van der Waals surface area (Å²) < 4.78 is 37.9. The van der Waals surface area contributed by atoms with Crippen LogP contribution in [0.2, 0.25) is 0 Å². The Kier molecular flexibility index (Phi) is 9.90. The van der Waals surface area contributed by atoms with Gasteiger partial charge in [0.2, 0.25) is 0 Å². The molecule has 12 heteroatoms. The summed E-state index contributed by atoms with van der Waals surface area (Å²) in [6.45, 7) is 4.37. The first-order valence-corrected chi connectivity index (χ1v) is 13.4. The number of hydrogen-bond donors (Lipinski definition) is 3. The third-order valence-electron chi connectivity index (χ3n) is 7.29. The number of nitrogens with one attached hydrogen (secondary N) is 3. The van der Waals surface area contributed by atoms with E-state index in [-0.39, 0.29) is 36.0 Å². The van der Waals surface area contributed by atoms with Gasteiger partial charge in [-0.25, -0.2) is 28.1 Å². The maximum absolute atomic E-state index is 14.2. The molecule has 0 aliphatic carbocycles. The summed E-state index contributed by atoms with van der Waals surface area (Å²) >= 11 is 0. The molecule has 0 bridgehead atoms. The van der Waals surface area contributed by atoms with Gasteiger partial charge in [-0.3, -0.25) is 0 Å². The first-order chi connectivity index (χ1) is 19.7. The highest BCUT2D eigenvalue weighted by molar-refractivity contribution is 6.01. The molecule has 4 amide bonds. The van der Waals surface area contributed by atoms with Gasteiger partial charge in [0.15, 0.2) is 11.6 Å². The number of rotatable bonds is 9.